The Morgan fingerprint density at radius 2 is 2.00 bits per heavy atom. The summed E-state index contributed by atoms with van der Waals surface area (Å²) in [5.74, 6) is 0.780. The number of aliphatic hydroxyl groups excluding tert-OH is 1. The number of hydrogen-bond acceptors (Lipinski definition) is 4. The van der Waals surface area contributed by atoms with Crippen LogP contribution in [0.2, 0.25) is 0 Å². The fourth-order valence-corrected chi connectivity index (χ4v) is 2.45. The Kier molecular flexibility index (Phi) is 4.61. The molecule has 0 unspecified atom stereocenters. The minimum absolute atomic E-state index is 0.0393. The van der Waals surface area contributed by atoms with Gasteiger partial charge in [0.25, 0.3) is 0 Å². The normalized spacial score (nSPS) is 10.3. The zero-order valence-electron chi connectivity index (χ0n) is 10.3. The number of ether oxygens (including phenoxy) is 1. The maximum Gasteiger partial charge on any atom is 0.119 e. The van der Waals surface area contributed by atoms with E-state index in [1.54, 1.807) is 11.3 Å². The third-order valence-corrected chi connectivity index (χ3v) is 3.66. The number of anilines is 1. The van der Waals surface area contributed by atoms with Gasteiger partial charge in [0.2, 0.25) is 0 Å². The van der Waals surface area contributed by atoms with E-state index in [0.717, 1.165) is 18.0 Å². The number of benzene rings is 1. The highest BCUT2D eigenvalue weighted by molar-refractivity contribution is 7.10. The Labute approximate surface area is 111 Å². The fourth-order valence-electron chi connectivity index (χ4n) is 1.60. The molecule has 0 aliphatic rings. The van der Waals surface area contributed by atoms with Crippen LogP contribution in [-0.4, -0.2) is 18.3 Å². The minimum atomic E-state index is 0.0393. The molecule has 0 radical (unpaired) electrons. The molecule has 96 valence electrons. The lowest BCUT2D eigenvalue weighted by Crippen LogP contribution is -2.02. The van der Waals surface area contributed by atoms with Gasteiger partial charge in [-0.25, -0.2) is 0 Å². The van der Waals surface area contributed by atoms with Crippen LogP contribution in [0, 0.1) is 6.92 Å². The zero-order chi connectivity index (χ0) is 12.8. The highest BCUT2D eigenvalue weighted by Crippen LogP contribution is 2.19. The molecule has 18 heavy (non-hydrogen) atoms. The molecule has 1 heterocycles. The van der Waals surface area contributed by atoms with Gasteiger partial charge < -0.3 is 15.2 Å². The number of aliphatic hydroxyl groups is 1. The second-order valence-electron chi connectivity index (χ2n) is 3.98. The summed E-state index contributed by atoms with van der Waals surface area (Å²) in [7, 11) is 0. The lowest BCUT2D eigenvalue weighted by Gasteiger charge is -2.08. The van der Waals surface area contributed by atoms with Crippen molar-refractivity contribution < 1.29 is 9.84 Å². The monoisotopic (exact) mass is 263 g/mol. The third kappa shape index (κ3) is 3.48. The van der Waals surface area contributed by atoms with E-state index >= 15 is 0 Å². The largest absolute Gasteiger partial charge is 0.491 e. The van der Waals surface area contributed by atoms with Gasteiger partial charge in [-0.2, -0.15) is 0 Å². The Balaban J connectivity index is 1.88. The Morgan fingerprint density at radius 3 is 2.61 bits per heavy atom. The summed E-state index contributed by atoms with van der Waals surface area (Å²) in [6.45, 7) is 3.35. The first kappa shape index (κ1) is 12.9. The van der Waals surface area contributed by atoms with Crippen molar-refractivity contribution in [1.82, 2.24) is 0 Å². The van der Waals surface area contributed by atoms with Crippen molar-refractivity contribution in [2.24, 2.45) is 0 Å². The van der Waals surface area contributed by atoms with Crippen LogP contribution in [0.25, 0.3) is 0 Å². The Bertz CT molecular complexity index is 479. The van der Waals surface area contributed by atoms with Gasteiger partial charge in [0, 0.05) is 17.1 Å². The van der Waals surface area contributed by atoms with Crippen molar-refractivity contribution in [3.05, 3.63) is 46.2 Å². The van der Waals surface area contributed by atoms with Crippen LogP contribution in [0.3, 0.4) is 0 Å². The number of thiophene rings is 1. The van der Waals surface area contributed by atoms with Crippen molar-refractivity contribution in [3.8, 4) is 5.75 Å². The molecular weight excluding hydrogens is 246 g/mol. The van der Waals surface area contributed by atoms with E-state index < -0.39 is 0 Å². The van der Waals surface area contributed by atoms with Gasteiger partial charge in [-0.3, -0.25) is 0 Å². The van der Waals surface area contributed by atoms with Crippen LogP contribution >= 0.6 is 11.3 Å². The number of nitrogens with one attached hydrogen (secondary N) is 1. The average Bonchev–Trinajstić information content (AvgIpc) is 2.81. The zero-order valence-corrected chi connectivity index (χ0v) is 11.2. The summed E-state index contributed by atoms with van der Waals surface area (Å²) in [4.78, 5) is 1.36. The minimum Gasteiger partial charge on any atom is -0.491 e. The van der Waals surface area contributed by atoms with Gasteiger partial charge >= 0.3 is 0 Å². The second-order valence-corrected chi connectivity index (χ2v) is 4.98. The summed E-state index contributed by atoms with van der Waals surface area (Å²) in [6, 6.07) is 9.90. The molecule has 0 spiro atoms. The first-order valence-electron chi connectivity index (χ1n) is 5.90. The molecule has 3 nitrogen and oxygen atoms in total. The lowest BCUT2D eigenvalue weighted by atomic mass is 10.2. The Morgan fingerprint density at radius 1 is 1.22 bits per heavy atom. The molecule has 0 saturated heterocycles. The molecule has 4 heteroatoms. The fraction of sp³-hybridized carbons (Fsp3) is 0.286. The van der Waals surface area contributed by atoms with E-state index in [4.69, 9.17) is 9.84 Å². The van der Waals surface area contributed by atoms with Crippen LogP contribution < -0.4 is 10.1 Å². The Hall–Kier alpha value is -1.52. The van der Waals surface area contributed by atoms with E-state index in [0.29, 0.717) is 6.61 Å². The van der Waals surface area contributed by atoms with Gasteiger partial charge in [-0.1, -0.05) is 0 Å². The van der Waals surface area contributed by atoms with Crippen molar-refractivity contribution in [2.45, 2.75) is 13.5 Å². The van der Waals surface area contributed by atoms with Crippen LogP contribution in [-0.2, 0) is 6.54 Å². The summed E-state index contributed by atoms with van der Waals surface area (Å²) in [5.41, 5.74) is 2.40. The smallest absolute Gasteiger partial charge is 0.119 e. The average molecular weight is 263 g/mol. The quantitative estimate of drug-likeness (QED) is 0.841. The van der Waals surface area contributed by atoms with Crippen LogP contribution in [0.5, 0.6) is 5.75 Å². The summed E-state index contributed by atoms with van der Waals surface area (Å²) >= 11 is 1.77. The highest BCUT2D eigenvalue weighted by atomic mass is 32.1. The molecule has 0 aliphatic carbocycles. The molecule has 0 bridgehead atoms. The lowest BCUT2D eigenvalue weighted by molar-refractivity contribution is 0.201. The van der Waals surface area contributed by atoms with Crippen molar-refractivity contribution in [1.29, 1.82) is 0 Å². The maximum atomic E-state index is 8.66. The summed E-state index contributed by atoms with van der Waals surface area (Å²) < 4.78 is 5.30. The van der Waals surface area contributed by atoms with Crippen molar-refractivity contribution >= 4 is 17.0 Å². The standard InChI is InChI=1S/C14H17NO2S/c1-11-6-9-18-14(11)10-15-12-2-4-13(5-3-12)17-8-7-16/h2-6,9,15-16H,7-8,10H2,1H3. The van der Waals surface area contributed by atoms with Crippen LogP contribution in [0.1, 0.15) is 10.4 Å². The van der Waals surface area contributed by atoms with E-state index in [-0.39, 0.29) is 6.61 Å². The topological polar surface area (TPSA) is 41.5 Å². The summed E-state index contributed by atoms with van der Waals surface area (Å²) in [5, 5.41) is 14.1. The molecule has 0 saturated carbocycles. The number of hydrogen-bond donors (Lipinski definition) is 2. The molecule has 2 N–H and O–H groups in total. The van der Waals surface area contributed by atoms with Crippen LogP contribution in [0.15, 0.2) is 35.7 Å². The van der Waals surface area contributed by atoms with Gasteiger partial charge in [0.1, 0.15) is 12.4 Å². The molecule has 2 rings (SSSR count). The number of rotatable bonds is 6. The van der Waals surface area contributed by atoms with E-state index in [2.05, 4.69) is 23.7 Å². The van der Waals surface area contributed by atoms with Gasteiger partial charge in [0.15, 0.2) is 0 Å². The SMILES string of the molecule is Cc1ccsc1CNc1ccc(OCCO)cc1. The molecule has 0 fully saturated rings. The molecule has 2 aromatic rings. The van der Waals surface area contributed by atoms with E-state index in [9.17, 15) is 0 Å². The number of aryl methyl sites for hydroxylation is 1. The molecule has 0 atom stereocenters. The van der Waals surface area contributed by atoms with Crippen molar-refractivity contribution in [2.75, 3.05) is 18.5 Å². The van der Waals surface area contributed by atoms with E-state index in [1.165, 1.54) is 10.4 Å². The predicted molar refractivity (Wildman–Crippen MR) is 75.4 cm³/mol. The third-order valence-electron chi connectivity index (χ3n) is 2.64. The molecule has 1 aromatic carbocycles. The van der Waals surface area contributed by atoms with Gasteiger partial charge in [-0.05, 0) is 48.2 Å². The second kappa shape index (κ2) is 6.42. The molecular formula is C14H17NO2S. The predicted octanol–water partition coefficient (Wildman–Crippen LogP) is 3.04. The van der Waals surface area contributed by atoms with Gasteiger partial charge in [0.05, 0.1) is 6.61 Å². The first-order chi connectivity index (χ1) is 8.79. The first-order valence-corrected chi connectivity index (χ1v) is 6.78. The maximum absolute atomic E-state index is 8.66. The van der Waals surface area contributed by atoms with Crippen LogP contribution in [0.4, 0.5) is 5.69 Å². The summed E-state index contributed by atoms with van der Waals surface area (Å²) in [6.07, 6.45) is 0. The molecule has 1 aromatic heterocycles. The van der Waals surface area contributed by atoms with E-state index in [1.807, 2.05) is 24.3 Å². The molecule has 0 amide bonds. The highest BCUT2D eigenvalue weighted by Gasteiger charge is 2.00. The van der Waals surface area contributed by atoms with Crippen molar-refractivity contribution in [3.63, 3.8) is 0 Å². The molecule has 0 aliphatic heterocycles. The van der Waals surface area contributed by atoms with Gasteiger partial charge in [-0.15, -0.1) is 11.3 Å².